The second-order valence-electron chi connectivity index (χ2n) is 4.51. The Bertz CT molecular complexity index is 591. The van der Waals surface area contributed by atoms with Crippen molar-refractivity contribution >= 4 is 17.4 Å². The van der Waals surface area contributed by atoms with Gasteiger partial charge < -0.3 is 5.73 Å². The standard InChI is InChI=1S/C15H14F3NS/c1-10-2-7-13(19)8-14(10)20-9-11-3-5-12(6-4-11)15(16,17)18/h2-8H,9,19H2,1H3. The van der Waals surface area contributed by atoms with Gasteiger partial charge in [0, 0.05) is 16.3 Å². The first-order chi connectivity index (χ1) is 9.36. The van der Waals surface area contributed by atoms with E-state index >= 15 is 0 Å². The first-order valence-corrected chi connectivity index (χ1v) is 7.00. The minimum atomic E-state index is -4.28. The maximum Gasteiger partial charge on any atom is 0.416 e. The molecule has 2 rings (SSSR count). The summed E-state index contributed by atoms with van der Waals surface area (Å²) in [5, 5.41) is 0. The highest BCUT2D eigenvalue weighted by Crippen LogP contribution is 2.31. The van der Waals surface area contributed by atoms with Crippen LogP contribution < -0.4 is 5.73 Å². The second-order valence-corrected chi connectivity index (χ2v) is 5.53. The number of aryl methyl sites for hydroxylation is 1. The third-order valence-electron chi connectivity index (χ3n) is 2.89. The highest BCUT2D eigenvalue weighted by atomic mass is 32.2. The van der Waals surface area contributed by atoms with Crippen molar-refractivity contribution in [2.75, 3.05) is 5.73 Å². The average Bonchev–Trinajstić information content (AvgIpc) is 2.39. The van der Waals surface area contributed by atoms with Gasteiger partial charge in [-0.05, 0) is 42.3 Å². The third kappa shape index (κ3) is 3.70. The molecular weight excluding hydrogens is 283 g/mol. The van der Waals surface area contributed by atoms with Gasteiger partial charge in [-0.2, -0.15) is 13.2 Å². The summed E-state index contributed by atoms with van der Waals surface area (Å²) in [6.45, 7) is 1.98. The fraction of sp³-hybridized carbons (Fsp3) is 0.200. The third-order valence-corrected chi connectivity index (χ3v) is 4.12. The SMILES string of the molecule is Cc1ccc(N)cc1SCc1ccc(C(F)(F)F)cc1. The van der Waals surface area contributed by atoms with Gasteiger partial charge in [-0.25, -0.2) is 0 Å². The molecule has 0 fully saturated rings. The van der Waals surface area contributed by atoms with Crippen molar-refractivity contribution in [1.29, 1.82) is 0 Å². The van der Waals surface area contributed by atoms with Gasteiger partial charge in [0.15, 0.2) is 0 Å². The predicted octanol–water partition coefficient (Wildman–Crippen LogP) is 4.89. The highest BCUT2D eigenvalue weighted by molar-refractivity contribution is 7.98. The van der Waals surface area contributed by atoms with Crippen LogP contribution in [0.4, 0.5) is 18.9 Å². The lowest BCUT2D eigenvalue weighted by atomic mass is 10.1. The maximum absolute atomic E-state index is 12.4. The number of anilines is 1. The molecule has 2 N–H and O–H groups in total. The first-order valence-electron chi connectivity index (χ1n) is 6.01. The molecule has 0 aromatic heterocycles. The van der Waals surface area contributed by atoms with Crippen molar-refractivity contribution < 1.29 is 13.2 Å². The van der Waals surface area contributed by atoms with Gasteiger partial charge >= 0.3 is 6.18 Å². The van der Waals surface area contributed by atoms with E-state index in [4.69, 9.17) is 5.73 Å². The molecule has 5 heteroatoms. The summed E-state index contributed by atoms with van der Waals surface area (Å²) in [6.07, 6.45) is -4.28. The summed E-state index contributed by atoms with van der Waals surface area (Å²) in [7, 11) is 0. The fourth-order valence-corrected chi connectivity index (χ4v) is 2.75. The zero-order chi connectivity index (χ0) is 14.8. The van der Waals surface area contributed by atoms with Crippen LogP contribution in [0.2, 0.25) is 0 Å². The molecule has 0 aliphatic carbocycles. The van der Waals surface area contributed by atoms with E-state index in [0.717, 1.165) is 28.2 Å². The highest BCUT2D eigenvalue weighted by Gasteiger charge is 2.29. The summed E-state index contributed by atoms with van der Waals surface area (Å²) < 4.78 is 37.3. The molecule has 0 unspecified atom stereocenters. The lowest BCUT2D eigenvalue weighted by Crippen LogP contribution is -2.04. The summed E-state index contributed by atoms with van der Waals surface area (Å²) in [6, 6.07) is 10.9. The van der Waals surface area contributed by atoms with E-state index in [9.17, 15) is 13.2 Å². The number of rotatable bonds is 3. The number of nitrogens with two attached hydrogens (primary N) is 1. The molecule has 106 valence electrons. The topological polar surface area (TPSA) is 26.0 Å². The van der Waals surface area contributed by atoms with Gasteiger partial charge in [0.05, 0.1) is 5.56 Å². The molecule has 0 atom stereocenters. The molecule has 0 aliphatic rings. The van der Waals surface area contributed by atoms with Gasteiger partial charge in [-0.1, -0.05) is 18.2 Å². The Kier molecular flexibility index (Phi) is 4.28. The molecule has 1 nitrogen and oxygen atoms in total. The molecule has 2 aromatic rings. The van der Waals surface area contributed by atoms with Crippen LogP contribution in [0.1, 0.15) is 16.7 Å². The maximum atomic E-state index is 12.4. The molecule has 2 aromatic carbocycles. The summed E-state index contributed by atoms with van der Waals surface area (Å²) >= 11 is 1.57. The van der Waals surface area contributed by atoms with Gasteiger partial charge in [0.2, 0.25) is 0 Å². The van der Waals surface area contributed by atoms with E-state index in [1.165, 1.54) is 12.1 Å². The molecular formula is C15H14F3NS. The summed E-state index contributed by atoms with van der Waals surface area (Å²) in [5.41, 5.74) is 7.75. The monoisotopic (exact) mass is 297 g/mol. The zero-order valence-corrected chi connectivity index (χ0v) is 11.7. The number of nitrogen functional groups attached to an aromatic ring is 1. The molecule has 0 saturated heterocycles. The lowest BCUT2D eigenvalue weighted by Gasteiger charge is -2.09. The van der Waals surface area contributed by atoms with Crippen molar-refractivity contribution in [1.82, 2.24) is 0 Å². The molecule has 20 heavy (non-hydrogen) atoms. The fourth-order valence-electron chi connectivity index (χ4n) is 1.72. The quantitative estimate of drug-likeness (QED) is 0.645. The van der Waals surface area contributed by atoms with E-state index < -0.39 is 11.7 Å². The van der Waals surface area contributed by atoms with Gasteiger partial charge in [0.1, 0.15) is 0 Å². The largest absolute Gasteiger partial charge is 0.416 e. The van der Waals surface area contributed by atoms with Crippen molar-refractivity contribution in [3.8, 4) is 0 Å². The van der Waals surface area contributed by atoms with Crippen LogP contribution in [-0.4, -0.2) is 0 Å². The Hall–Kier alpha value is -1.62. The smallest absolute Gasteiger partial charge is 0.399 e. The molecule has 0 amide bonds. The number of hydrogen-bond acceptors (Lipinski definition) is 2. The van der Waals surface area contributed by atoms with Crippen LogP contribution in [0.25, 0.3) is 0 Å². The summed E-state index contributed by atoms with van der Waals surface area (Å²) in [4.78, 5) is 1.05. The minimum Gasteiger partial charge on any atom is -0.399 e. The number of alkyl halides is 3. The van der Waals surface area contributed by atoms with Gasteiger partial charge in [0.25, 0.3) is 0 Å². The van der Waals surface area contributed by atoms with Crippen LogP contribution in [0.3, 0.4) is 0 Å². The molecule has 0 heterocycles. The second kappa shape index (κ2) is 5.79. The van der Waals surface area contributed by atoms with Gasteiger partial charge in [-0.3, -0.25) is 0 Å². The van der Waals surface area contributed by atoms with Gasteiger partial charge in [-0.15, -0.1) is 11.8 Å². The van der Waals surface area contributed by atoms with E-state index in [1.54, 1.807) is 11.8 Å². The van der Waals surface area contributed by atoms with Crippen LogP contribution >= 0.6 is 11.8 Å². The summed E-state index contributed by atoms with van der Waals surface area (Å²) in [5.74, 6) is 0.614. The first kappa shape index (κ1) is 14.8. The Morgan fingerprint density at radius 3 is 2.30 bits per heavy atom. The van der Waals surface area contributed by atoms with Crippen LogP contribution in [0, 0.1) is 6.92 Å². The van der Waals surface area contributed by atoms with Crippen molar-refractivity contribution in [3.05, 3.63) is 59.2 Å². The van der Waals surface area contributed by atoms with Crippen molar-refractivity contribution in [2.24, 2.45) is 0 Å². The minimum absolute atomic E-state index is 0.614. The zero-order valence-electron chi connectivity index (χ0n) is 10.9. The lowest BCUT2D eigenvalue weighted by molar-refractivity contribution is -0.137. The van der Waals surface area contributed by atoms with Crippen molar-refractivity contribution in [2.45, 2.75) is 23.7 Å². The number of hydrogen-bond donors (Lipinski definition) is 1. The van der Waals surface area contributed by atoms with E-state index in [-0.39, 0.29) is 0 Å². The van der Waals surface area contributed by atoms with Crippen LogP contribution in [-0.2, 0) is 11.9 Å². The Labute approximate surface area is 120 Å². The van der Waals surface area contributed by atoms with Crippen LogP contribution in [0.15, 0.2) is 47.4 Å². The molecule has 0 aliphatic heterocycles. The predicted molar refractivity (Wildman–Crippen MR) is 76.6 cm³/mol. The molecule has 0 saturated carbocycles. The Morgan fingerprint density at radius 1 is 1.05 bits per heavy atom. The number of benzene rings is 2. The van der Waals surface area contributed by atoms with E-state index in [1.807, 2.05) is 25.1 Å². The number of halogens is 3. The Balaban J connectivity index is 2.06. The van der Waals surface area contributed by atoms with E-state index in [0.29, 0.717) is 11.4 Å². The number of thioether (sulfide) groups is 1. The van der Waals surface area contributed by atoms with E-state index in [2.05, 4.69) is 0 Å². The molecule has 0 radical (unpaired) electrons. The molecule has 0 spiro atoms. The van der Waals surface area contributed by atoms with Crippen LogP contribution in [0.5, 0.6) is 0 Å². The normalized spacial score (nSPS) is 11.6. The van der Waals surface area contributed by atoms with Crippen molar-refractivity contribution in [3.63, 3.8) is 0 Å². The average molecular weight is 297 g/mol. The molecule has 0 bridgehead atoms. The Morgan fingerprint density at radius 2 is 1.70 bits per heavy atom.